The molecule has 28 heavy (non-hydrogen) atoms. The summed E-state index contributed by atoms with van der Waals surface area (Å²) in [7, 11) is 4.31. The maximum absolute atomic E-state index is 10.1. The molecule has 7 heteroatoms. The Morgan fingerprint density at radius 1 is 0.643 bits per heavy atom. The second-order valence-electron chi connectivity index (χ2n) is 6.29. The van der Waals surface area contributed by atoms with Gasteiger partial charge in [-0.1, -0.05) is 0 Å². The van der Waals surface area contributed by atoms with Crippen molar-refractivity contribution < 1.29 is 33.9 Å². The maximum Gasteiger partial charge on any atom is 0.200 e. The summed E-state index contributed by atoms with van der Waals surface area (Å²) in [6, 6.07) is 6.30. The first-order valence-corrected chi connectivity index (χ1v) is 8.48. The molecule has 0 unspecified atom stereocenters. The molecule has 0 atom stereocenters. The molecule has 3 N–H and O–H groups in total. The number of furan rings is 1. The van der Waals surface area contributed by atoms with Crippen LogP contribution in [0.15, 0.2) is 28.7 Å². The van der Waals surface area contributed by atoms with E-state index in [9.17, 15) is 15.3 Å². The van der Waals surface area contributed by atoms with Crippen molar-refractivity contribution >= 4 is 0 Å². The Labute approximate surface area is 162 Å². The minimum Gasteiger partial charge on any atom is -0.504 e. The largest absolute Gasteiger partial charge is 0.504 e. The highest BCUT2D eigenvalue weighted by Crippen LogP contribution is 2.45. The van der Waals surface area contributed by atoms with Gasteiger partial charge in [0.25, 0.3) is 0 Å². The lowest BCUT2D eigenvalue weighted by molar-refractivity contribution is 0.340. The van der Waals surface area contributed by atoms with Gasteiger partial charge in [0.15, 0.2) is 23.0 Å². The summed E-state index contributed by atoms with van der Waals surface area (Å²) < 4.78 is 21.7. The normalized spacial score (nSPS) is 10.8. The van der Waals surface area contributed by atoms with Gasteiger partial charge < -0.3 is 33.9 Å². The molecule has 0 radical (unpaired) electrons. The molecule has 3 rings (SSSR count). The van der Waals surface area contributed by atoms with Crippen molar-refractivity contribution in [1.82, 2.24) is 0 Å². The number of hydrogen-bond donors (Lipinski definition) is 3. The lowest BCUT2D eigenvalue weighted by Gasteiger charge is -2.10. The van der Waals surface area contributed by atoms with E-state index in [4.69, 9.17) is 18.6 Å². The van der Waals surface area contributed by atoms with Gasteiger partial charge in [0.1, 0.15) is 11.5 Å². The minimum atomic E-state index is -0.333. The van der Waals surface area contributed by atoms with Crippen LogP contribution in [0.1, 0.15) is 11.1 Å². The van der Waals surface area contributed by atoms with E-state index in [-0.39, 0.29) is 34.5 Å². The molecule has 0 aliphatic carbocycles. The summed E-state index contributed by atoms with van der Waals surface area (Å²) >= 11 is 0. The first-order valence-electron chi connectivity index (χ1n) is 8.48. The van der Waals surface area contributed by atoms with Crippen LogP contribution in [0.2, 0.25) is 0 Å². The summed E-state index contributed by atoms with van der Waals surface area (Å²) in [6.45, 7) is 3.80. The van der Waals surface area contributed by atoms with Crippen molar-refractivity contribution in [3.05, 3.63) is 35.4 Å². The molecule has 0 bridgehead atoms. The Balaban J connectivity index is 2.20. The molecule has 1 heterocycles. The summed E-state index contributed by atoms with van der Waals surface area (Å²) in [5.41, 5.74) is 2.94. The van der Waals surface area contributed by atoms with Crippen LogP contribution in [-0.2, 0) is 0 Å². The zero-order chi connectivity index (χ0) is 20.6. The number of aromatic hydroxyl groups is 3. The van der Waals surface area contributed by atoms with Crippen molar-refractivity contribution in [3.8, 4) is 57.1 Å². The Bertz CT molecular complexity index is 1010. The summed E-state index contributed by atoms with van der Waals surface area (Å²) in [6.07, 6.45) is 0. The number of phenols is 3. The molecule has 0 spiro atoms. The van der Waals surface area contributed by atoms with E-state index in [1.165, 1.54) is 27.4 Å². The van der Waals surface area contributed by atoms with E-state index in [2.05, 4.69) is 0 Å². The second kappa shape index (κ2) is 7.26. The number of benzene rings is 2. The first-order chi connectivity index (χ1) is 13.3. The Morgan fingerprint density at radius 3 is 1.46 bits per heavy atom. The molecule has 0 aliphatic heterocycles. The molecule has 0 amide bonds. The topological polar surface area (TPSA) is 102 Å². The number of hydrogen-bond acceptors (Lipinski definition) is 7. The van der Waals surface area contributed by atoms with Crippen LogP contribution < -0.4 is 14.2 Å². The molecule has 0 aliphatic rings. The van der Waals surface area contributed by atoms with Gasteiger partial charge in [-0.05, 0) is 49.2 Å². The smallest absolute Gasteiger partial charge is 0.200 e. The molecule has 0 saturated carbocycles. The number of phenolic OH excluding ortho intramolecular Hbond substituents is 3. The summed E-state index contributed by atoms with van der Waals surface area (Å²) in [5.74, 6) is 1.00. The highest BCUT2D eigenvalue weighted by molar-refractivity contribution is 5.76. The molecule has 0 fully saturated rings. The van der Waals surface area contributed by atoms with E-state index in [0.29, 0.717) is 22.6 Å². The Morgan fingerprint density at radius 2 is 1.04 bits per heavy atom. The van der Waals surface area contributed by atoms with Crippen molar-refractivity contribution in [1.29, 1.82) is 0 Å². The zero-order valence-corrected chi connectivity index (χ0v) is 16.3. The van der Waals surface area contributed by atoms with E-state index in [1.54, 1.807) is 18.2 Å². The lowest BCUT2D eigenvalue weighted by atomic mass is 10.0. The fraction of sp³-hybridized carbons (Fsp3) is 0.238. The van der Waals surface area contributed by atoms with E-state index >= 15 is 0 Å². The van der Waals surface area contributed by atoms with Crippen molar-refractivity contribution in [2.24, 2.45) is 0 Å². The summed E-state index contributed by atoms with van der Waals surface area (Å²) in [5, 5.41) is 30.0. The van der Waals surface area contributed by atoms with E-state index in [0.717, 1.165) is 11.1 Å². The van der Waals surface area contributed by atoms with Gasteiger partial charge in [-0.3, -0.25) is 0 Å². The first kappa shape index (κ1) is 19.3. The molecule has 2 aromatic carbocycles. The lowest BCUT2D eigenvalue weighted by Crippen LogP contribution is -1.90. The van der Waals surface area contributed by atoms with Crippen LogP contribution in [0, 0.1) is 13.8 Å². The van der Waals surface area contributed by atoms with Crippen LogP contribution in [0.25, 0.3) is 22.6 Å². The molecule has 0 saturated heterocycles. The predicted octanol–water partition coefficient (Wildman–Crippen LogP) is 4.37. The second-order valence-corrected chi connectivity index (χ2v) is 6.29. The van der Waals surface area contributed by atoms with Crippen LogP contribution in [0.3, 0.4) is 0 Å². The average molecular weight is 386 g/mol. The molecule has 148 valence electrons. The average Bonchev–Trinajstić information content (AvgIpc) is 2.99. The summed E-state index contributed by atoms with van der Waals surface area (Å²) in [4.78, 5) is 0. The highest BCUT2D eigenvalue weighted by Gasteiger charge is 2.22. The van der Waals surface area contributed by atoms with Crippen molar-refractivity contribution in [2.75, 3.05) is 21.3 Å². The number of rotatable bonds is 5. The van der Waals surface area contributed by atoms with Gasteiger partial charge in [0, 0.05) is 11.1 Å². The molecule has 7 nitrogen and oxygen atoms in total. The standard InChI is InChI=1S/C21H22O7/c1-10-11(2)21(13-8-16(26-4)19(24)17(9-13)27-5)28-20(10)12-6-14(22)18(23)15(7-12)25-3/h6-9,22-24H,1-5H3. The van der Waals surface area contributed by atoms with Crippen LogP contribution in [-0.4, -0.2) is 36.6 Å². The van der Waals surface area contributed by atoms with Crippen LogP contribution >= 0.6 is 0 Å². The zero-order valence-electron chi connectivity index (χ0n) is 16.3. The molecular formula is C21H22O7. The molecule has 1 aromatic heterocycles. The van der Waals surface area contributed by atoms with Gasteiger partial charge in [-0.15, -0.1) is 0 Å². The van der Waals surface area contributed by atoms with Gasteiger partial charge in [0.05, 0.1) is 21.3 Å². The third-order valence-corrected chi connectivity index (χ3v) is 4.73. The molecular weight excluding hydrogens is 364 g/mol. The highest BCUT2D eigenvalue weighted by atomic mass is 16.5. The Kier molecular flexibility index (Phi) is 5.00. The number of methoxy groups -OCH3 is 3. The van der Waals surface area contributed by atoms with Gasteiger partial charge in [-0.25, -0.2) is 0 Å². The van der Waals surface area contributed by atoms with Gasteiger partial charge >= 0.3 is 0 Å². The minimum absolute atomic E-state index is 0.0944. The number of ether oxygens (including phenoxy) is 3. The monoisotopic (exact) mass is 386 g/mol. The fourth-order valence-electron chi connectivity index (χ4n) is 3.05. The Hall–Kier alpha value is -3.48. The molecule has 3 aromatic rings. The third kappa shape index (κ3) is 3.05. The van der Waals surface area contributed by atoms with Crippen molar-refractivity contribution in [3.63, 3.8) is 0 Å². The quantitative estimate of drug-likeness (QED) is 0.560. The van der Waals surface area contributed by atoms with E-state index < -0.39 is 0 Å². The van der Waals surface area contributed by atoms with Crippen molar-refractivity contribution in [2.45, 2.75) is 13.8 Å². The maximum atomic E-state index is 10.1. The fourth-order valence-corrected chi connectivity index (χ4v) is 3.05. The predicted molar refractivity (Wildman–Crippen MR) is 104 cm³/mol. The third-order valence-electron chi connectivity index (χ3n) is 4.73. The van der Waals surface area contributed by atoms with E-state index in [1.807, 2.05) is 13.8 Å². The SMILES string of the molecule is COc1cc(-c2oc(-c3cc(OC)c(O)c(OC)c3)c(C)c2C)cc(O)c1O. The van der Waals surface area contributed by atoms with Crippen LogP contribution in [0.4, 0.5) is 0 Å². The van der Waals surface area contributed by atoms with Gasteiger partial charge in [-0.2, -0.15) is 0 Å². The van der Waals surface area contributed by atoms with Gasteiger partial charge in [0.2, 0.25) is 11.5 Å². The van der Waals surface area contributed by atoms with Crippen LogP contribution in [0.5, 0.6) is 34.5 Å².